The number of carbonyl (C=O) groups is 1. The average Bonchev–Trinajstić information content (AvgIpc) is 2.63. The first-order chi connectivity index (χ1) is 7.38. The molecular formula is C12H19NO2S. The van der Waals surface area contributed by atoms with E-state index in [9.17, 15) is 9.90 Å². The maximum atomic E-state index is 11.7. The first kappa shape index (κ1) is 13.2. The summed E-state index contributed by atoms with van der Waals surface area (Å²) in [7, 11) is 1.73. The predicted octanol–water partition coefficient (Wildman–Crippen LogP) is 1.91. The number of carbonyl (C=O) groups excluding carboxylic acids is 1. The van der Waals surface area contributed by atoms with E-state index in [4.69, 9.17) is 0 Å². The Hall–Kier alpha value is -0.870. The van der Waals surface area contributed by atoms with Gasteiger partial charge in [0.15, 0.2) is 0 Å². The first-order valence-electron chi connectivity index (χ1n) is 5.37. The second-order valence-electron chi connectivity index (χ2n) is 4.64. The fraction of sp³-hybridized carbons (Fsp3) is 0.583. The Labute approximate surface area is 101 Å². The van der Waals surface area contributed by atoms with Crippen LogP contribution in [0.15, 0.2) is 17.5 Å². The summed E-state index contributed by atoms with van der Waals surface area (Å²) in [6, 6.07) is 4.03. The fourth-order valence-electron chi connectivity index (χ4n) is 1.54. The first-order valence-corrected chi connectivity index (χ1v) is 6.25. The SMILES string of the molecule is CN(CC(C)(C)O)C(=O)CCc1cccs1. The van der Waals surface area contributed by atoms with Crippen molar-refractivity contribution in [3.8, 4) is 0 Å². The summed E-state index contributed by atoms with van der Waals surface area (Å²) >= 11 is 1.67. The Morgan fingerprint density at radius 2 is 2.25 bits per heavy atom. The molecule has 1 aromatic rings. The smallest absolute Gasteiger partial charge is 0.222 e. The molecule has 0 aliphatic heterocycles. The molecule has 0 saturated carbocycles. The summed E-state index contributed by atoms with van der Waals surface area (Å²) < 4.78 is 0. The third-order valence-electron chi connectivity index (χ3n) is 2.22. The minimum Gasteiger partial charge on any atom is -0.389 e. The highest BCUT2D eigenvalue weighted by Gasteiger charge is 2.18. The molecule has 0 bridgehead atoms. The number of aryl methyl sites for hydroxylation is 1. The summed E-state index contributed by atoms with van der Waals surface area (Å²) in [5.74, 6) is 0.0792. The van der Waals surface area contributed by atoms with Crippen LogP contribution in [0.25, 0.3) is 0 Å². The molecule has 1 rings (SSSR count). The van der Waals surface area contributed by atoms with Gasteiger partial charge in [-0.3, -0.25) is 4.79 Å². The van der Waals surface area contributed by atoms with Crippen molar-refractivity contribution >= 4 is 17.2 Å². The number of rotatable bonds is 5. The molecule has 0 fully saturated rings. The molecule has 16 heavy (non-hydrogen) atoms. The second-order valence-corrected chi connectivity index (χ2v) is 5.67. The lowest BCUT2D eigenvalue weighted by Gasteiger charge is -2.25. The van der Waals surface area contributed by atoms with Gasteiger partial charge in [-0.2, -0.15) is 0 Å². The largest absolute Gasteiger partial charge is 0.389 e. The van der Waals surface area contributed by atoms with Crippen molar-refractivity contribution in [3.05, 3.63) is 22.4 Å². The summed E-state index contributed by atoms with van der Waals surface area (Å²) in [6.45, 7) is 3.78. The molecule has 0 spiro atoms. The van der Waals surface area contributed by atoms with Gasteiger partial charge >= 0.3 is 0 Å². The highest BCUT2D eigenvalue weighted by molar-refractivity contribution is 7.09. The molecule has 1 heterocycles. The molecule has 0 aliphatic carbocycles. The van der Waals surface area contributed by atoms with Crippen LogP contribution in [-0.2, 0) is 11.2 Å². The number of thiophene rings is 1. The van der Waals surface area contributed by atoms with Crippen LogP contribution in [-0.4, -0.2) is 35.1 Å². The highest BCUT2D eigenvalue weighted by atomic mass is 32.1. The van der Waals surface area contributed by atoms with Gasteiger partial charge in [-0.1, -0.05) is 6.07 Å². The Morgan fingerprint density at radius 1 is 1.56 bits per heavy atom. The van der Waals surface area contributed by atoms with E-state index in [-0.39, 0.29) is 5.91 Å². The quantitative estimate of drug-likeness (QED) is 0.855. The molecule has 3 nitrogen and oxygen atoms in total. The third kappa shape index (κ3) is 4.77. The van der Waals surface area contributed by atoms with Gasteiger partial charge in [0.1, 0.15) is 0 Å². The van der Waals surface area contributed by atoms with Crippen molar-refractivity contribution in [3.63, 3.8) is 0 Å². The molecule has 0 aromatic carbocycles. The standard InChI is InChI=1S/C12H19NO2S/c1-12(2,15)9-13(3)11(14)7-6-10-5-4-8-16-10/h4-5,8,15H,6-7,9H2,1-3H3. The number of hydrogen-bond acceptors (Lipinski definition) is 3. The van der Waals surface area contributed by atoms with E-state index in [1.807, 2.05) is 17.5 Å². The van der Waals surface area contributed by atoms with E-state index in [1.54, 1.807) is 37.1 Å². The van der Waals surface area contributed by atoms with Gasteiger partial charge in [0.05, 0.1) is 5.60 Å². The fourth-order valence-corrected chi connectivity index (χ4v) is 2.25. The minimum absolute atomic E-state index is 0.0792. The summed E-state index contributed by atoms with van der Waals surface area (Å²) in [5.41, 5.74) is -0.826. The molecule has 4 heteroatoms. The molecule has 0 radical (unpaired) electrons. The van der Waals surface area contributed by atoms with Crippen molar-refractivity contribution < 1.29 is 9.90 Å². The predicted molar refractivity (Wildman–Crippen MR) is 66.6 cm³/mol. The zero-order valence-corrected chi connectivity index (χ0v) is 10.9. The number of aliphatic hydroxyl groups is 1. The highest BCUT2D eigenvalue weighted by Crippen LogP contribution is 2.12. The van der Waals surface area contributed by atoms with Gasteiger partial charge < -0.3 is 10.0 Å². The molecule has 90 valence electrons. The summed E-state index contributed by atoms with van der Waals surface area (Å²) in [6.07, 6.45) is 1.29. The van der Waals surface area contributed by atoms with Gasteiger partial charge in [-0.15, -0.1) is 11.3 Å². The van der Waals surface area contributed by atoms with E-state index >= 15 is 0 Å². The lowest BCUT2D eigenvalue weighted by molar-refractivity contribution is -0.132. The van der Waals surface area contributed by atoms with E-state index in [1.165, 1.54) is 4.88 Å². The lowest BCUT2D eigenvalue weighted by atomic mass is 10.1. The van der Waals surface area contributed by atoms with Crippen LogP contribution in [0.1, 0.15) is 25.1 Å². The van der Waals surface area contributed by atoms with Gasteiger partial charge in [-0.05, 0) is 31.7 Å². The molecule has 0 saturated heterocycles. The van der Waals surface area contributed by atoms with Crippen LogP contribution in [0.4, 0.5) is 0 Å². The maximum absolute atomic E-state index is 11.7. The van der Waals surface area contributed by atoms with E-state index < -0.39 is 5.60 Å². The van der Waals surface area contributed by atoms with Crippen LogP contribution in [0, 0.1) is 0 Å². The van der Waals surface area contributed by atoms with Crippen molar-refractivity contribution in [1.29, 1.82) is 0 Å². The van der Waals surface area contributed by atoms with Gasteiger partial charge in [0.2, 0.25) is 5.91 Å². The molecular weight excluding hydrogens is 222 g/mol. The van der Waals surface area contributed by atoms with Crippen LogP contribution < -0.4 is 0 Å². The second kappa shape index (κ2) is 5.46. The van der Waals surface area contributed by atoms with Gasteiger partial charge in [0, 0.05) is 24.9 Å². The topological polar surface area (TPSA) is 40.5 Å². The van der Waals surface area contributed by atoms with E-state index in [0.717, 1.165) is 6.42 Å². The molecule has 1 amide bonds. The van der Waals surface area contributed by atoms with Crippen LogP contribution in [0.2, 0.25) is 0 Å². The molecule has 1 aromatic heterocycles. The number of nitrogens with zero attached hydrogens (tertiary/aromatic N) is 1. The molecule has 0 aliphatic rings. The van der Waals surface area contributed by atoms with Crippen LogP contribution in [0.3, 0.4) is 0 Å². The van der Waals surface area contributed by atoms with Crippen LogP contribution >= 0.6 is 11.3 Å². The monoisotopic (exact) mass is 241 g/mol. The Bertz CT molecular complexity index is 327. The van der Waals surface area contributed by atoms with E-state index in [2.05, 4.69) is 0 Å². The Kier molecular flexibility index (Phi) is 4.50. The van der Waals surface area contributed by atoms with Gasteiger partial charge in [0.25, 0.3) is 0 Å². The zero-order chi connectivity index (χ0) is 12.2. The van der Waals surface area contributed by atoms with Crippen LogP contribution in [0.5, 0.6) is 0 Å². The van der Waals surface area contributed by atoms with Crippen molar-refractivity contribution in [1.82, 2.24) is 4.90 Å². The molecule has 1 N–H and O–H groups in total. The zero-order valence-electron chi connectivity index (χ0n) is 10.1. The van der Waals surface area contributed by atoms with Crippen molar-refractivity contribution in [2.24, 2.45) is 0 Å². The minimum atomic E-state index is -0.826. The van der Waals surface area contributed by atoms with Crippen molar-refractivity contribution in [2.45, 2.75) is 32.3 Å². The Morgan fingerprint density at radius 3 is 2.75 bits per heavy atom. The van der Waals surface area contributed by atoms with E-state index in [0.29, 0.717) is 13.0 Å². The van der Waals surface area contributed by atoms with Gasteiger partial charge in [-0.25, -0.2) is 0 Å². The summed E-state index contributed by atoms with van der Waals surface area (Å²) in [4.78, 5) is 14.6. The number of hydrogen-bond donors (Lipinski definition) is 1. The van der Waals surface area contributed by atoms with Crippen molar-refractivity contribution in [2.75, 3.05) is 13.6 Å². The summed E-state index contributed by atoms with van der Waals surface area (Å²) in [5, 5.41) is 11.6. The molecule has 0 unspecified atom stereocenters. The average molecular weight is 241 g/mol. The third-order valence-corrected chi connectivity index (χ3v) is 3.15. The maximum Gasteiger partial charge on any atom is 0.222 e. The number of amides is 1. The molecule has 0 atom stereocenters. The number of likely N-dealkylation sites (N-methyl/N-ethyl adjacent to an activating group) is 1. The lowest BCUT2D eigenvalue weighted by Crippen LogP contribution is -2.39. The normalized spacial score (nSPS) is 11.5. The Balaban J connectivity index is 2.35.